The number of methoxy groups -OCH3 is 2. The van der Waals surface area contributed by atoms with Gasteiger partial charge in [-0.3, -0.25) is 4.79 Å². The minimum atomic E-state index is -3.92. The molecule has 3 N–H and O–H groups in total. The highest BCUT2D eigenvalue weighted by molar-refractivity contribution is 7.89. The first-order valence-corrected chi connectivity index (χ1v) is 13.2. The Hall–Kier alpha value is -2.67. The van der Waals surface area contributed by atoms with Crippen molar-refractivity contribution < 1.29 is 31.1 Å². The van der Waals surface area contributed by atoms with Gasteiger partial charge in [0.1, 0.15) is 6.04 Å². The fourth-order valence-corrected chi connectivity index (χ4v) is 5.88. The van der Waals surface area contributed by atoms with E-state index in [-0.39, 0.29) is 34.5 Å². The number of nitrogens with zero attached hydrogens (tertiary/aromatic N) is 1. The lowest BCUT2D eigenvalue weighted by Gasteiger charge is -2.24. The number of nitrogens with two attached hydrogens (primary N) is 1. The van der Waals surface area contributed by atoms with Gasteiger partial charge in [0.2, 0.25) is 26.0 Å². The number of benzene rings is 2. The summed E-state index contributed by atoms with van der Waals surface area (Å²) < 4.78 is 60.7. The molecule has 180 valence electrons. The fraction of sp³-hybridized carbons (Fsp3) is 0.381. The van der Waals surface area contributed by atoms with Crippen LogP contribution in [0, 0.1) is 0 Å². The highest BCUT2D eigenvalue weighted by Crippen LogP contribution is 2.33. The predicted molar refractivity (Wildman–Crippen MR) is 121 cm³/mol. The summed E-state index contributed by atoms with van der Waals surface area (Å²) in [4.78, 5) is 12.8. The zero-order valence-electron chi connectivity index (χ0n) is 18.4. The molecule has 0 spiro atoms. The summed E-state index contributed by atoms with van der Waals surface area (Å²) in [6.45, 7) is 0.512. The third-order valence-corrected chi connectivity index (χ3v) is 8.27. The molecule has 1 atom stereocenters. The van der Waals surface area contributed by atoms with Gasteiger partial charge in [-0.25, -0.2) is 22.0 Å². The first-order chi connectivity index (χ1) is 15.6. The molecule has 3 rings (SSSR count). The van der Waals surface area contributed by atoms with Crippen molar-refractivity contribution in [3.63, 3.8) is 0 Å². The molecule has 0 radical (unpaired) electrons. The van der Waals surface area contributed by atoms with E-state index in [2.05, 4.69) is 5.32 Å². The number of carbonyl (C=O) groups excluding carboxylic acids is 1. The largest absolute Gasteiger partial charge is 0.493 e. The van der Waals surface area contributed by atoms with E-state index in [4.69, 9.17) is 14.6 Å². The van der Waals surface area contributed by atoms with Crippen LogP contribution in [-0.4, -0.2) is 60.4 Å². The summed E-state index contributed by atoms with van der Waals surface area (Å²) in [6.07, 6.45) is 1.44. The Balaban J connectivity index is 1.66. The molecule has 0 saturated carbocycles. The lowest BCUT2D eigenvalue weighted by molar-refractivity contribution is -0.124. The maximum atomic E-state index is 13.2. The average molecular weight is 498 g/mol. The molecule has 1 unspecified atom stereocenters. The number of primary sulfonamides is 1. The Labute approximate surface area is 193 Å². The van der Waals surface area contributed by atoms with E-state index in [0.29, 0.717) is 25.0 Å². The zero-order valence-corrected chi connectivity index (χ0v) is 20.0. The van der Waals surface area contributed by atoms with Gasteiger partial charge < -0.3 is 14.8 Å². The molecule has 0 bridgehead atoms. The highest BCUT2D eigenvalue weighted by Gasteiger charge is 2.39. The summed E-state index contributed by atoms with van der Waals surface area (Å²) in [7, 11) is -4.80. The molecule has 1 saturated heterocycles. The van der Waals surface area contributed by atoms with Crippen molar-refractivity contribution >= 4 is 26.0 Å². The molecular formula is C21H27N3O7S2. The lowest BCUT2D eigenvalue weighted by Crippen LogP contribution is -2.46. The van der Waals surface area contributed by atoms with Crippen LogP contribution in [0.1, 0.15) is 18.4 Å². The molecule has 1 heterocycles. The second-order valence-electron chi connectivity index (χ2n) is 7.52. The maximum absolute atomic E-state index is 13.2. The van der Waals surface area contributed by atoms with Crippen LogP contribution in [0.4, 0.5) is 0 Å². The number of hydrogen-bond acceptors (Lipinski definition) is 7. The van der Waals surface area contributed by atoms with Crippen molar-refractivity contribution in [2.45, 2.75) is 35.1 Å². The Bertz CT molecular complexity index is 1210. The standard InChI is InChI=1S/C21H27N3O7S2/c1-30-19-10-9-17(14-20(19)31-2)33(28,29)24-13-3-4-18(24)21(25)23-12-11-15-5-7-16(8-6-15)32(22,26)27/h5-10,14,18H,3-4,11-13H2,1-2H3,(H,23,25)(H2,22,26,27). The number of nitrogens with one attached hydrogen (secondary N) is 1. The SMILES string of the molecule is COc1ccc(S(=O)(=O)N2CCCC2C(=O)NCCc2ccc(S(N)(=O)=O)cc2)cc1OC. The van der Waals surface area contributed by atoms with Crippen molar-refractivity contribution in [3.8, 4) is 11.5 Å². The second-order valence-corrected chi connectivity index (χ2v) is 11.0. The van der Waals surface area contributed by atoms with E-state index in [0.717, 1.165) is 5.56 Å². The van der Waals surface area contributed by atoms with Crippen LogP contribution in [-0.2, 0) is 31.3 Å². The molecule has 1 amide bonds. The first-order valence-electron chi connectivity index (χ1n) is 10.2. The maximum Gasteiger partial charge on any atom is 0.243 e. The van der Waals surface area contributed by atoms with Gasteiger partial charge in [-0.05, 0) is 49.1 Å². The molecular weight excluding hydrogens is 470 g/mol. The monoisotopic (exact) mass is 497 g/mol. The molecule has 0 aliphatic carbocycles. The molecule has 12 heteroatoms. The first kappa shape index (κ1) is 25.0. The Kier molecular flexibility index (Phi) is 7.62. The van der Waals surface area contributed by atoms with Crippen LogP contribution in [0.25, 0.3) is 0 Å². The van der Waals surface area contributed by atoms with Gasteiger partial charge in [-0.2, -0.15) is 4.31 Å². The predicted octanol–water partition coefficient (Wildman–Crippen LogP) is 0.863. The van der Waals surface area contributed by atoms with Crippen molar-refractivity contribution in [3.05, 3.63) is 48.0 Å². The molecule has 2 aromatic carbocycles. The quantitative estimate of drug-likeness (QED) is 0.523. The van der Waals surface area contributed by atoms with Gasteiger partial charge in [-0.1, -0.05) is 12.1 Å². The van der Waals surface area contributed by atoms with Crippen LogP contribution in [0.2, 0.25) is 0 Å². The minimum Gasteiger partial charge on any atom is -0.493 e. The fourth-order valence-electron chi connectivity index (χ4n) is 3.70. The minimum absolute atomic E-state index is 0.0113. The lowest BCUT2D eigenvalue weighted by atomic mass is 10.1. The summed E-state index contributed by atoms with van der Waals surface area (Å²) in [5.74, 6) is 0.314. The number of hydrogen-bond donors (Lipinski definition) is 2. The third-order valence-electron chi connectivity index (χ3n) is 5.43. The molecule has 33 heavy (non-hydrogen) atoms. The number of ether oxygens (including phenoxy) is 2. The van der Waals surface area contributed by atoms with Crippen LogP contribution in [0.15, 0.2) is 52.3 Å². The number of rotatable bonds is 9. The van der Waals surface area contributed by atoms with Gasteiger partial charge >= 0.3 is 0 Å². The van der Waals surface area contributed by atoms with Crippen molar-refractivity contribution in [1.82, 2.24) is 9.62 Å². The van der Waals surface area contributed by atoms with E-state index in [1.165, 1.54) is 48.9 Å². The van der Waals surface area contributed by atoms with Crippen LogP contribution < -0.4 is 19.9 Å². The van der Waals surface area contributed by atoms with Gasteiger partial charge in [0.05, 0.1) is 24.0 Å². The summed E-state index contributed by atoms with van der Waals surface area (Å²) >= 11 is 0. The Morgan fingerprint density at radius 2 is 1.67 bits per heavy atom. The summed E-state index contributed by atoms with van der Waals surface area (Å²) in [5, 5.41) is 7.87. The number of amides is 1. The molecule has 10 nitrogen and oxygen atoms in total. The molecule has 1 aliphatic heterocycles. The van der Waals surface area contributed by atoms with E-state index < -0.39 is 26.1 Å². The van der Waals surface area contributed by atoms with Gasteiger partial charge in [0, 0.05) is 19.2 Å². The topological polar surface area (TPSA) is 145 Å². The third kappa shape index (κ3) is 5.64. The van der Waals surface area contributed by atoms with Gasteiger partial charge in [0.25, 0.3) is 0 Å². The van der Waals surface area contributed by atoms with E-state index in [1.54, 1.807) is 12.1 Å². The molecule has 1 aliphatic rings. The molecule has 2 aromatic rings. The van der Waals surface area contributed by atoms with E-state index >= 15 is 0 Å². The second kappa shape index (κ2) is 10.1. The summed E-state index contributed by atoms with van der Waals surface area (Å²) in [5.41, 5.74) is 0.809. The van der Waals surface area contributed by atoms with Crippen molar-refractivity contribution in [2.24, 2.45) is 5.14 Å². The van der Waals surface area contributed by atoms with Gasteiger partial charge in [-0.15, -0.1) is 0 Å². The zero-order chi connectivity index (χ0) is 24.2. The van der Waals surface area contributed by atoms with Gasteiger partial charge in [0.15, 0.2) is 11.5 Å². The normalized spacial score (nSPS) is 17.0. The smallest absolute Gasteiger partial charge is 0.243 e. The average Bonchev–Trinajstić information content (AvgIpc) is 3.29. The van der Waals surface area contributed by atoms with E-state index in [9.17, 15) is 21.6 Å². The number of sulfonamides is 2. The van der Waals surface area contributed by atoms with E-state index in [1.807, 2.05) is 0 Å². The molecule has 1 fully saturated rings. The van der Waals surface area contributed by atoms with Crippen molar-refractivity contribution in [1.29, 1.82) is 0 Å². The van der Waals surface area contributed by atoms with Crippen molar-refractivity contribution in [2.75, 3.05) is 27.3 Å². The highest BCUT2D eigenvalue weighted by atomic mass is 32.2. The Morgan fingerprint density at radius 3 is 2.27 bits per heavy atom. The summed E-state index contributed by atoms with van der Waals surface area (Å²) in [6, 6.07) is 9.56. The number of carbonyl (C=O) groups is 1. The Morgan fingerprint density at radius 1 is 1.03 bits per heavy atom. The molecule has 0 aromatic heterocycles. The van der Waals surface area contributed by atoms with Crippen LogP contribution in [0.5, 0.6) is 11.5 Å². The van der Waals surface area contributed by atoms with Crippen LogP contribution in [0.3, 0.4) is 0 Å². The van der Waals surface area contributed by atoms with Crippen LogP contribution >= 0.6 is 0 Å².